The average Bonchev–Trinajstić information content (AvgIpc) is 2.43. The maximum absolute atomic E-state index is 12.1. The van der Waals surface area contributed by atoms with Crippen LogP contribution < -0.4 is 15.6 Å². The number of ether oxygens (including phenoxy) is 2. The minimum absolute atomic E-state index is 0.0465. The average molecular weight is 325 g/mol. The molecule has 0 spiro atoms. The standard InChI is InChI=1S/C14H19N3O6/c1-5-22-11-8-9(17(20)21)6-7-10(11)12(18)15-16-13(19)23-14(2,3)4/h6-8H,5H2,1-4H3,(H,15,18)(H,16,19). The predicted octanol–water partition coefficient (Wildman–Crippen LogP) is 2.16. The molecule has 0 fully saturated rings. The zero-order chi connectivity index (χ0) is 17.6. The van der Waals surface area contributed by atoms with Crippen molar-refractivity contribution < 1.29 is 24.0 Å². The molecule has 0 aliphatic rings. The molecule has 0 radical (unpaired) electrons. The van der Waals surface area contributed by atoms with E-state index in [1.54, 1.807) is 27.7 Å². The van der Waals surface area contributed by atoms with Crippen molar-refractivity contribution in [2.75, 3.05) is 6.61 Å². The zero-order valence-electron chi connectivity index (χ0n) is 13.3. The number of hydrogen-bond acceptors (Lipinski definition) is 6. The number of amides is 2. The summed E-state index contributed by atoms with van der Waals surface area (Å²) in [6.45, 7) is 6.94. The third kappa shape index (κ3) is 5.81. The molecule has 9 heteroatoms. The summed E-state index contributed by atoms with van der Waals surface area (Å²) < 4.78 is 10.2. The van der Waals surface area contributed by atoms with Crippen LogP contribution in [0.1, 0.15) is 38.1 Å². The van der Waals surface area contributed by atoms with Crippen molar-refractivity contribution in [3.8, 4) is 5.75 Å². The van der Waals surface area contributed by atoms with Crippen LogP contribution in [-0.2, 0) is 4.74 Å². The molecule has 23 heavy (non-hydrogen) atoms. The lowest BCUT2D eigenvalue weighted by Gasteiger charge is -2.19. The van der Waals surface area contributed by atoms with Crippen LogP contribution in [0.5, 0.6) is 5.75 Å². The molecule has 0 saturated heterocycles. The van der Waals surface area contributed by atoms with Crippen LogP contribution in [-0.4, -0.2) is 29.1 Å². The summed E-state index contributed by atoms with van der Waals surface area (Å²) in [5.74, 6) is -0.639. The van der Waals surface area contributed by atoms with Gasteiger partial charge in [-0.25, -0.2) is 10.2 Å². The number of hydrogen-bond donors (Lipinski definition) is 2. The highest BCUT2D eigenvalue weighted by atomic mass is 16.6. The molecule has 1 aromatic rings. The summed E-state index contributed by atoms with van der Waals surface area (Å²) in [6, 6.07) is 3.56. The number of hydrazine groups is 1. The Balaban J connectivity index is 2.83. The van der Waals surface area contributed by atoms with Crippen molar-refractivity contribution in [2.24, 2.45) is 0 Å². The highest BCUT2D eigenvalue weighted by Crippen LogP contribution is 2.24. The molecule has 1 aromatic carbocycles. The Morgan fingerprint density at radius 3 is 2.43 bits per heavy atom. The van der Waals surface area contributed by atoms with Gasteiger partial charge in [-0.2, -0.15) is 0 Å². The normalized spacial score (nSPS) is 10.6. The third-order valence-corrected chi connectivity index (χ3v) is 2.40. The van der Waals surface area contributed by atoms with E-state index in [1.807, 2.05) is 0 Å². The van der Waals surface area contributed by atoms with Gasteiger partial charge in [-0.1, -0.05) is 0 Å². The van der Waals surface area contributed by atoms with E-state index in [4.69, 9.17) is 9.47 Å². The molecule has 0 atom stereocenters. The van der Waals surface area contributed by atoms with Crippen molar-refractivity contribution >= 4 is 17.7 Å². The molecule has 0 heterocycles. The number of carbonyl (C=O) groups is 2. The number of carbonyl (C=O) groups excluding carboxylic acids is 2. The van der Waals surface area contributed by atoms with E-state index in [9.17, 15) is 19.7 Å². The molecular weight excluding hydrogens is 306 g/mol. The maximum Gasteiger partial charge on any atom is 0.426 e. The van der Waals surface area contributed by atoms with Crippen molar-refractivity contribution in [3.05, 3.63) is 33.9 Å². The lowest BCUT2D eigenvalue weighted by Crippen LogP contribution is -2.44. The number of benzene rings is 1. The second kappa shape index (κ2) is 7.43. The van der Waals surface area contributed by atoms with Crippen molar-refractivity contribution in [1.82, 2.24) is 10.9 Å². The minimum atomic E-state index is -0.828. The summed E-state index contributed by atoms with van der Waals surface area (Å²) in [6.07, 6.45) is -0.828. The van der Waals surface area contributed by atoms with Gasteiger partial charge in [-0.05, 0) is 33.8 Å². The first-order valence-electron chi connectivity index (χ1n) is 6.84. The van der Waals surface area contributed by atoms with Crippen LogP contribution in [0, 0.1) is 10.1 Å². The first-order valence-corrected chi connectivity index (χ1v) is 6.84. The van der Waals surface area contributed by atoms with Crippen molar-refractivity contribution in [2.45, 2.75) is 33.3 Å². The SMILES string of the molecule is CCOc1cc([N+](=O)[O-])ccc1C(=O)NNC(=O)OC(C)(C)C. The number of nitrogens with one attached hydrogen (secondary N) is 2. The fraction of sp³-hybridized carbons (Fsp3) is 0.429. The third-order valence-electron chi connectivity index (χ3n) is 2.40. The van der Waals surface area contributed by atoms with Gasteiger partial charge in [0.15, 0.2) is 0 Å². The largest absolute Gasteiger partial charge is 0.493 e. The first-order chi connectivity index (χ1) is 10.6. The van der Waals surface area contributed by atoms with Gasteiger partial charge in [0.1, 0.15) is 11.4 Å². The van der Waals surface area contributed by atoms with Gasteiger partial charge in [-0.3, -0.25) is 20.3 Å². The smallest absolute Gasteiger partial charge is 0.426 e. The Morgan fingerprint density at radius 1 is 1.26 bits per heavy atom. The molecule has 0 saturated carbocycles. The van der Waals surface area contributed by atoms with Gasteiger partial charge >= 0.3 is 6.09 Å². The number of rotatable bonds is 4. The molecule has 1 rings (SSSR count). The summed E-state index contributed by atoms with van der Waals surface area (Å²) in [5, 5.41) is 10.8. The monoisotopic (exact) mass is 325 g/mol. The molecule has 2 amide bonds. The second-order valence-corrected chi connectivity index (χ2v) is 5.45. The molecule has 0 aliphatic heterocycles. The molecular formula is C14H19N3O6. The Kier molecular flexibility index (Phi) is 5.88. The predicted molar refractivity (Wildman–Crippen MR) is 81.1 cm³/mol. The topological polar surface area (TPSA) is 120 Å². The van der Waals surface area contributed by atoms with E-state index >= 15 is 0 Å². The van der Waals surface area contributed by atoms with E-state index in [0.29, 0.717) is 0 Å². The van der Waals surface area contributed by atoms with Crippen molar-refractivity contribution in [1.29, 1.82) is 0 Å². The number of nitrogens with zero attached hydrogens (tertiary/aromatic N) is 1. The summed E-state index contributed by atoms with van der Waals surface area (Å²) >= 11 is 0. The van der Waals surface area contributed by atoms with E-state index < -0.39 is 22.5 Å². The summed E-state index contributed by atoms with van der Waals surface area (Å²) in [5.41, 5.74) is 3.39. The Labute approximate surface area is 133 Å². The van der Waals surface area contributed by atoms with Crippen LogP contribution in [0.2, 0.25) is 0 Å². The summed E-state index contributed by atoms with van der Waals surface area (Å²) in [7, 11) is 0. The van der Waals surface area contributed by atoms with E-state index in [1.165, 1.54) is 12.1 Å². The van der Waals surface area contributed by atoms with E-state index in [2.05, 4.69) is 10.9 Å². The van der Waals surface area contributed by atoms with Crippen LogP contribution in [0.15, 0.2) is 18.2 Å². The number of non-ortho nitro benzene ring substituents is 1. The molecule has 0 aromatic heterocycles. The lowest BCUT2D eigenvalue weighted by atomic mass is 10.1. The Hall–Kier alpha value is -2.84. The lowest BCUT2D eigenvalue weighted by molar-refractivity contribution is -0.384. The molecule has 126 valence electrons. The highest BCUT2D eigenvalue weighted by molar-refractivity contribution is 5.97. The maximum atomic E-state index is 12.1. The number of nitro groups is 1. The second-order valence-electron chi connectivity index (χ2n) is 5.45. The van der Waals surface area contributed by atoms with Crippen LogP contribution >= 0.6 is 0 Å². The van der Waals surface area contributed by atoms with Gasteiger partial charge in [0.2, 0.25) is 0 Å². The summed E-state index contributed by atoms with van der Waals surface area (Å²) in [4.78, 5) is 33.7. The fourth-order valence-electron chi connectivity index (χ4n) is 1.57. The van der Waals surface area contributed by atoms with Gasteiger partial charge in [0.05, 0.1) is 23.2 Å². The van der Waals surface area contributed by atoms with Crippen LogP contribution in [0.4, 0.5) is 10.5 Å². The molecule has 0 bridgehead atoms. The molecule has 0 aliphatic carbocycles. The van der Waals surface area contributed by atoms with Crippen LogP contribution in [0.25, 0.3) is 0 Å². The van der Waals surface area contributed by atoms with Gasteiger partial charge < -0.3 is 9.47 Å². The zero-order valence-corrected chi connectivity index (χ0v) is 13.3. The van der Waals surface area contributed by atoms with Crippen LogP contribution in [0.3, 0.4) is 0 Å². The van der Waals surface area contributed by atoms with Gasteiger partial charge in [0.25, 0.3) is 11.6 Å². The van der Waals surface area contributed by atoms with Gasteiger partial charge in [0, 0.05) is 6.07 Å². The quantitative estimate of drug-likeness (QED) is 0.646. The van der Waals surface area contributed by atoms with Crippen molar-refractivity contribution in [3.63, 3.8) is 0 Å². The fourth-order valence-corrected chi connectivity index (χ4v) is 1.57. The van der Waals surface area contributed by atoms with E-state index in [-0.39, 0.29) is 23.6 Å². The first kappa shape index (κ1) is 18.2. The molecule has 9 nitrogen and oxygen atoms in total. The Morgan fingerprint density at radius 2 is 1.91 bits per heavy atom. The minimum Gasteiger partial charge on any atom is -0.493 e. The highest BCUT2D eigenvalue weighted by Gasteiger charge is 2.19. The van der Waals surface area contributed by atoms with E-state index in [0.717, 1.165) is 6.07 Å². The molecule has 2 N–H and O–H groups in total. The van der Waals surface area contributed by atoms with Gasteiger partial charge in [-0.15, -0.1) is 0 Å². The Bertz CT molecular complexity index is 609. The molecule has 0 unspecified atom stereocenters. The number of nitro benzene ring substituents is 1.